The molecule has 28 heavy (non-hydrogen) atoms. The highest BCUT2D eigenvalue weighted by molar-refractivity contribution is 6.31. The number of piperazine rings is 1. The van der Waals surface area contributed by atoms with E-state index in [0.29, 0.717) is 16.5 Å². The van der Waals surface area contributed by atoms with Gasteiger partial charge in [0.1, 0.15) is 12.0 Å². The second-order valence-electron chi connectivity index (χ2n) is 6.55. The minimum absolute atomic E-state index is 0.527. The van der Waals surface area contributed by atoms with Crippen LogP contribution >= 0.6 is 23.2 Å². The van der Waals surface area contributed by atoms with Crippen LogP contribution in [0.4, 0.5) is 28.7 Å². The lowest BCUT2D eigenvalue weighted by Gasteiger charge is -2.37. The van der Waals surface area contributed by atoms with Crippen molar-refractivity contribution in [2.75, 3.05) is 47.0 Å². The van der Waals surface area contributed by atoms with E-state index in [1.54, 1.807) is 0 Å². The average molecular weight is 415 g/mol. The summed E-state index contributed by atoms with van der Waals surface area (Å²) in [6.45, 7) is 3.34. The molecule has 0 spiro atoms. The Morgan fingerprint density at radius 2 is 1.54 bits per heavy atom. The smallest absolute Gasteiger partial charge is 0.159 e. The first-order valence-electron chi connectivity index (χ1n) is 8.99. The second-order valence-corrected chi connectivity index (χ2v) is 7.42. The van der Waals surface area contributed by atoms with Gasteiger partial charge in [0.05, 0.1) is 0 Å². The Morgan fingerprint density at radius 1 is 0.857 bits per heavy atom. The summed E-state index contributed by atoms with van der Waals surface area (Å²) < 4.78 is 0. The van der Waals surface area contributed by atoms with Crippen LogP contribution in [-0.2, 0) is 0 Å². The maximum atomic E-state index is 6.37. The molecule has 0 amide bonds. The standard InChI is InChI=1S/C20H20Cl2N6/c21-14-3-1-5-16(11-14)26-19-18(23)20(25-13-24-19)28-9-7-27(8-10-28)17-6-2-4-15(22)12-17/h1-6,11-13H,7-10,23H2,(H,24,25,26). The lowest BCUT2D eigenvalue weighted by molar-refractivity contribution is 0.647. The number of hydrogen-bond donors (Lipinski definition) is 2. The van der Waals surface area contributed by atoms with Crippen molar-refractivity contribution in [1.29, 1.82) is 0 Å². The molecule has 0 bridgehead atoms. The van der Waals surface area contributed by atoms with E-state index in [2.05, 4.69) is 31.2 Å². The van der Waals surface area contributed by atoms with Crippen LogP contribution < -0.4 is 20.9 Å². The van der Waals surface area contributed by atoms with Crippen LogP contribution in [0, 0.1) is 0 Å². The molecule has 2 heterocycles. The van der Waals surface area contributed by atoms with Crippen molar-refractivity contribution in [3.63, 3.8) is 0 Å². The zero-order valence-electron chi connectivity index (χ0n) is 15.1. The predicted octanol–water partition coefficient (Wildman–Crippen LogP) is 4.44. The summed E-state index contributed by atoms with van der Waals surface area (Å²) in [4.78, 5) is 13.2. The fraction of sp³-hybridized carbons (Fsp3) is 0.200. The molecule has 3 aromatic rings. The molecule has 0 atom stereocenters. The van der Waals surface area contributed by atoms with Gasteiger partial charge in [0, 0.05) is 47.6 Å². The number of nitrogens with one attached hydrogen (secondary N) is 1. The van der Waals surface area contributed by atoms with Crippen LogP contribution in [0.15, 0.2) is 54.9 Å². The minimum Gasteiger partial charge on any atom is -0.393 e. The second kappa shape index (κ2) is 8.12. The maximum Gasteiger partial charge on any atom is 0.159 e. The summed E-state index contributed by atoms with van der Waals surface area (Å²) in [5.74, 6) is 1.31. The van der Waals surface area contributed by atoms with Gasteiger partial charge in [0.2, 0.25) is 0 Å². The number of rotatable bonds is 4. The Balaban J connectivity index is 1.48. The summed E-state index contributed by atoms with van der Waals surface area (Å²) >= 11 is 12.2. The van der Waals surface area contributed by atoms with Gasteiger partial charge < -0.3 is 20.9 Å². The van der Waals surface area contributed by atoms with Crippen molar-refractivity contribution < 1.29 is 0 Å². The first-order valence-corrected chi connectivity index (χ1v) is 9.74. The number of nitrogens with zero attached hydrogens (tertiary/aromatic N) is 4. The number of halogens is 2. The number of nitrogens with two attached hydrogens (primary N) is 1. The zero-order valence-corrected chi connectivity index (χ0v) is 16.7. The van der Waals surface area contributed by atoms with Gasteiger partial charge in [-0.2, -0.15) is 0 Å². The highest BCUT2D eigenvalue weighted by Crippen LogP contribution is 2.30. The maximum absolute atomic E-state index is 6.37. The van der Waals surface area contributed by atoms with E-state index >= 15 is 0 Å². The number of hydrogen-bond acceptors (Lipinski definition) is 6. The van der Waals surface area contributed by atoms with E-state index < -0.39 is 0 Å². The van der Waals surface area contributed by atoms with Crippen molar-refractivity contribution in [2.24, 2.45) is 0 Å². The third-order valence-electron chi connectivity index (χ3n) is 4.70. The van der Waals surface area contributed by atoms with Gasteiger partial charge in [-0.1, -0.05) is 35.3 Å². The SMILES string of the molecule is Nc1c(Nc2cccc(Cl)c2)ncnc1N1CCN(c2cccc(Cl)c2)CC1. The molecule has 1 fully saturated rings. The molecule has 4 rings (SSSR count). The Hall–Kier alpha value is -2.70. The van der Waals surface area contributed by atoms with E-state index in [-0.39, 0.29) is 0 Å². The lowest BCUT2D eigenvalue weighted by Crippen LogP contribution is -2.47. The van der Waals surface area contributed by atoms with Crippen LogP contribution in [0.5, 0.6) is 0 Å². The normalized spacial score (nSPS) is 14.2. The molecule has 144 valence electrons. The van der Waals surface area contributed by atoms with Crippen molar-refractivity contribution in [2.45, 2.75) is 0 Å². The molecule has 1 aromatic heterocycles. The fourth-order valence-corrected chi connectivity index (χ4v) is 3.66. The monoisotopic (exact) mass is 414 g/mol. The average Bonchev–Trinajstić information content (AvgIpc) is 2.70. The molecule has 0 radical (unpaired) electrons. The van der Waals surface area contributed by atoms with Crippen LogP contribution in [0.3, 0.4) is 0 Å². The molecule has 0 aliphatic carbocycles. The highest BCUT2D eigenvalue weighted by Gasteiger charge is 2.21. The number of aromatic nitrogens is 2. The van der Waals surface area contributed by atoms with Crippen LogP contribution in [0.1, 0.15) is 0 Å². The van der Waals surface area contributed by atoms with E-state index in [4.69, 9.17) is 28.9 Å². The predicted molar refractivity (Wildman–Crippen MR) is 117 cm³/mol. The quantitative estimate of drug-likeness (QED) is 0.657. The van der Waals surface area contributed by atoms with Crippen molar-refractivity contribution in [3.8, 4) is 0 Å². The molecular weight excluding hydrogens is 395 g/mol. The van der Waals surface area contributed by atoms with E-state index in [1.807, 2.05) is 42.5 Å². The molecule has 1 saturated heterocycles. The summed E-state index contributed by atoms with van der Waals surface area (Å²) in [5, 5.41) is 4.62. The number of nitrogen functional groups attached to an aromatic ring is 1. The molecule has 6 nitrogen and oxygen atoms in total. The van der Waals surface area contributed by atoms with Crippen LogP contribution in [0.25, 0.3) is 0 Å². The topological polar surface area (TPSA) is 70.3 Å². The van der Waals surface area contributed by atoms with Gasteiger partial charge in [0.15, 0.2) is 11.6 Å². The van der Waals surface area contributed by atoms with E-state index in [9.17, 15) is 0 Å². The van der Waals surface area contributed by atoms with E-state index in [0.717, 1.165) is 48.4 Å². The Labute approximate surface area is 173 Å². The Kier molecular flexibility index (Phi) is 5.41. The first kappa shape index (κ1) is 18.7. The lowest BCUT2D eigenvalue weighted by atomic mass is 10.2. The molecule has 0 saturated carbocycles. The molecule has 1 aliphatic heterocycles. The van der Waals surface area contributed by atoms with Crippen LogP contribution in [0.2, 0.25) is 10.0 Å². The third kappa shape index (κ3) is 4.08. The van der Waals surface area contributed by atoms with Crippen LogP contribution in [-0.4, -0.2) is 36.1 Å². The Morgan fingerprint density at radius 3 is 2.25 bits per heavy atom. The number of anilines is 5. The minimum atomic E-state index is 0.527. The van der Waals surface area contributed by atoms with Gasteiger partial charge in [-0.3, -0.25) is 0 Å². The van der Waals surface area contributed by atoms with Crippen molar-refractivity contribution in [1.82, 2.24) is 9.97 Å². The van der Waals surface area contributed by atoms with E-state index in [1.165, 1.54) is 6.33 Å². The fourth-order valence-electron chi connectivity index (χ4n) is 3.29. The summed E-state index contributed by atoms with van der Waals surface area (Å²) in [7, 11) is 0. The van der Waals surface area contributed by atoms with Gasteiger partial charge in [-0.15, -0.1) is 0 Å². The molecule has 0 unspecified atom stereocenters. The number of benzene rings is 2. The summed E-state index contributed by atoms with van der Waals surface area (Å²) in [5.41, 5.74) is 8.86. The molecule has 3 N–H and O–H groups in total. The summed E-state index contributed by atoms with van der Waals surface area (Å²) in [6.07, 6.45) is 1.53. The summed E-state index contributed by atoms with van der Waals surface area (Å²) in [6, 6.07) is 15.4. The highest BCUT2D eigenvalue weighted by atomic mass is 35.5. The van der Waals surface area contributed by atoms with Gasteiger partial charge in [-0.25, -0.2) is 9.97 Å². The van der Waals surface area contributed by atoms with Gasteiger partial charge in [-0.05, 0) is 36.4 Å². The third-order valence-corrected chi connectivity index (χ3v) is 5.17. The molecule has 1 aliphatic rings. The van der Waals surface area contributed by atoms with Gasteiger partial charge in [0.25, 0.3) is 0 Å². The molecular formula is C20H20Cl2N6. The Bertz CT molecular complexity index is 972. The molecule has 2 aromatic carbocycles. The zero-order chi connectivity index (χ0) is 19.5. The first-order chi connectivity index (χ1) is 13.6. The van der Waals surface area contributed by atoms with Crippen molar-refractivity contribution in [3.05, 3.63) is 64.9 Å². The molecule has 8 heteroatoms. The largest absolute Gasteiger partial charge is 0.393 e. The van der Waals surface area contributed by atoms with Gasteiger partial charge >= 0.3 is 0 Å². The van der Waals surface area contributed by atoms with Crippen molar-refractivity contribution >= 4 is 51.9 Å².